The fourth-order valence-corrected chi connectivity index (χ4v) is 3.54. The number of nitrogens with one attached hydrogen (secondary N) is 1. The lowest BCUT2D eigenvalue weighted by Crippen LogP contribution is -2.48. The van der Waals surface area contributed by atoms with Crippen LogP contribution in [-0.2, 0) is 19.1 Å². The largest absolute Gasteiger partial charge is 0.497 e. The van der Waals surface area contributed by atoms with Crippen LogP contribution in [-0.4, -0.2) is 55.3 Å². The van der Waals surface area contributed by atoms with Crippen molar-refractivity contribution in [2.24, 2.45) is 0 Å². The lowest BCUT2D eigenvalue weighted by molar-refractivity contribution is -0.157. The third kappa shape index (κ3) is 7.31. The summed E-state index contributed by atoms with van der Waals surface area (Å²) in [6.07, 6.45) is -4.23. The van der Waals surface area contributed by atoms with Crippen LogP contribution in [0.3, 0.4) is 0 Å². The Balaban J connectivity index is 1.93. The maximum atomic E-state index is 13.2. The van der Waals surface area contributed by atoms with E-state index < -0.39 is 36.0 Å². The number of halogens is 1. The molecule has 11 heteroatoms. The average molecular weight is 572 g/mol. The number of rotatable bonds is 10. The third-order valence-corrected chi connectivity index (χ3v) is 5.44. The normalized spacial score (nSPS) is 12.0. The first-order valence-electron chi connectivity index (χ1n) is 10.7. The van der Waals surface area contributed by atoms with Gasteiger partial charge in [0.15, 0.2) is 0 Å². The van der Waals surface area contributed by atoms with Gasteiger partial charge in [-0.3, -0.25) is 4.79 Å². The van der Waals surface area contributed by atoms with E-state index in [1.807, 2.05) is 0 Å². The first kappa shape index (κ1) is 27.2. The number of aliphatic carboxylic acids is 1. The zero-order valence-electron chi connectivity index (χ0n) is 19.7. The van der Waals surface area contributed by atoms with Crippen molar-refractivity contribution in [3.8, 4) is 11.5 Å². The number of esters is 2. The predicted octanol–water partition coefficient (Wildman–Crippen LogP) is 3.94. The first-order chi connectivity index (χ1) is 17.7. The summed E-state index contributed by atoms with van der Waals surface area (Å²) in [6.45, 7) is 0. The first-order valence-corrected chi connectivity index (χ1v) is 11.5. The number of methoxy groups -OCH3 is 2. The number of amides is 1. The second-order valence-corrected chi connectivity index (χ2v) is 8.37. The number of carboxylic acids is 1. The molecule has 0 aromatic heterocycles. The Hall–Kier alpha value is -4.38. The fraction of sp³-hybridized carbons (Fsp3) is 0.154. The van der Waals surface area contributed by atoms with Crippen molar-refractivity contribution in [1.29, 1.82) is 0 Å². The standard InChI is InChI=1S/C26H22BrNO9/c1-34-19-10-3-6-15(12-19)25(32)36-21(23(29)28-18-9-5-8-17(27)14-18)22(24(30)31)37-26(33)16-7-4-11-20(13-16)35-2/h3-14,21-22H,1-2H3,(H,28,29)(H,30,31)/t21-,22+/m1/s1. The van der Waals surface area contributed by atoms with E-state index in [9.17, 15) is 24.3 Å². The SMILES string of the molecule is COc1cccc(C(=O)O[C@H](C(=O)O)[C@@H](OC(=O)c2cccc(OC)c2)C(=O)Nc2cccc(Br)c2)c1. The number of carbonyl (C=O) groups is 4. The van der Waals surface area contributed by atoms with Crippen molar-refractivity contribution < 1.29 is 43.2 Å². The lowest BCUT2D eigenvalue weighted by atomic mass is 10.1. The summed E-state index contributed by atoms with van der Waals surface area (Å²) in [7, 11) is 2.79. The number of carboxylic acid groups (broad SMARTS) is 1. The second kappa shape index (κ2) is 12.5. The lowest BCUT2D eigenvalue weighted by Gasteiger charge is -2.23. The van der Waals surface area contributed by atoms with Gasteiger partial charge >= 0.3 is 17.9 Å². The Bertz CT molecular complexity index is 1310. The summed E-state index contributed by atoms with van der Waals surface area (Å²) in [4.78, 5) is 51.0. The van der Waals surface area contributed by atoms with Gasteiger partial charge in [0.25, 0.3) is 5.91 Å². The van der Waals surface area contributed by atoms with Crippen molar-refractivity contribution in [3.63, 3.8) is 0 Å². The molecular weight excluding hydrogens is 550 g/mol. The van der Waals surface area contributed by atoms with Crippen molar-refractivity contribution in [1.82, 2.24) is 0 Å². The van der Waals surface area contributed by atoms with Gasteiger partial charge in [0.2, 0.25) is 12.2 Å². The molecule has 0 unspecified atom stereocenters. The van der Waals surface area contributed by atoms with Gasteiger partial charge in [-0.1, -0.05) is 34.1 Å². The number of ether oxygens (including phenoxy) is 4. The Morgan fingerprint density at radius 3 is 1.76 bits per heavy atom. The minimum atomic E-state index is -2.18. The number of hydrogen-bond donors (Lipinski definition) is 2. The number of carbonyl (C=O) groups excluding carboxylic acids is 3. The van der Waals surface area contributed by atoms with Crippen LogP contribution in [0.4, 0.5) is 5.69 Å². The van der Waals surface area contributed by atoms with Gasteiger partial charge in [-0.2, -0.15) is 0 Å². The molecule has 1 amide bonds. The Morgan fingerprint density at radius 1 is 0.757 bits per heavy atom. The summed E-state index contributed by atoms with van der Waals surface area (Å²) in [5.41, 5.74) is 0.240. The van der Waals surface area contributed by atoms with Crippen LogP contribution in [0.2, 0.25) is 0 Å². The minimum Gasteiger partial charge on any atom is -0.497 e. The van der Waals surface area contributed by atoms with E-state index in [2.05, 4.69) is 21.2 Å². The number of benzene rings is 3. The monoisotopic (exact) mass is 571 g/mol. The maximum absolute atomic E-state index is 13.2. The molecule has 2 N–H and O–H groups in total. The van der Waals surface area contributed by atoms with Crippen LogP contribution >= 0.6 is 15.9 Å². The summed E-state index contributed by atoms with van der Waals surface area (Å²) >= 11 is 3.27. The van der Waals surface area contributed by atoms with E-state index in [0.717, 1.165) is 0 Å². The van der Waals surface area contributed by atoms with Gasteiger partial charge < -0.3 is 29.4 Å². The van der Waals surface area contributed by atoms with Crippen molar-refractivity contribution in [2.75, 3.05) is 19.5 Å². The van der Waals surface area contributed by atoms with Gasteiger partial charge in [-0.15, -0.1) is 0 Å². The van der Waals surface area contributed by atoms with E-state index in [-0.39, 0.29) is 16.8 Å². The third-order valence-electron chi connectivity index (χ3n) is 4.95. The van der Waals surface area contributed by atoms with Crippen molar-refractivity contribution >= 4 is 45.4 Å². The maximum Gasteiger partial charge on any atom is 0.349 e. The molecule has 0 aliphatic carbocycles. The summed E-state index contributed by atoms with van der Waals surface area (Å²) in [6, 6.07) is 18.1. The fourth-order valence-electron chi connectivity index (χ4n) is 3.14. The molecule has 3 aromatic carbocycles. The molecule has 10 nitrogen and oxygen atoms in total. The molecule has 37 heavy (non-hydrogen) atoms. The Morgan fingerprint density at radius 2 is 1.27 bits per heavy atom. The summed E-state index contributed by atoms with van der Waals surface area (Å²) in [5.74, 6) is -4.16. The molecule has 0 spiro atoms. The van der Waals surface area contributed by atoms with Crippen molar-refractivity contribution in [2.45, 2.75) is 12.2 Å². The molecule has 3 aromatic rings. The zero-order valence-corrected chi connectivity index (χ0v) is 21.3. The molecule has 0 saturated heterocycles. The van der Waals surface area contributed by atoms with Gasteiger partial charge in [-0.05, 0) is 54.6 Å². The van der Waals surface area contributed by atoms with Crippen LogP contribution in [0.25, 0.3) is 0 Å². The molecular formula is C26H22BrNO9. The average Bonchev–Trinajstić information content (AvgIpc) is 2.90. The highest BCUT2D eigenvalue weighted by Crippen LogP contribution is 2.21. The highest BCUT2D eigenvalue weighted by Gasteiger charge is 2.41. The van der Waals surface area contributed by atoms with Gasteiger partial charge in [0, 0.05) is 10.2 Å². The van der Waals surface area contributed by atoms with Crippen molar-refractivity contribution in [3.05, 3.63) is 88.4 Å². The van der Waals surface area contributed by atoms with E-state index >= 15 is 0 Å². The second-order valence-electron chi connectivity index (χ2n) is 7.45. The quantitative estimate of drug-likeness (QED) is 0.346. The van der Waals surface area contributed by atoms with E-state index in [1.165, 1.54) is 50.6 Å². The molecule has 3 rings (SSSR count). The van der Waals surface area contributed by atoms with Crippen LogP contribution in [0.1, 0.15) is 20.7 Å². The van der Waals surface area contributed by atoms with Crippen LogP contribution in [0.5, 0.6) is 11.5 Å². The summed E-state index contributed by atoms with van der Waals surface area (Å²) in [5, 5.41) is 12.3. The molecule has 192 valence electrons. The van der Waals surface area contributed by atoms with Gasteiger partial charge in [-0.25, -0.2) is 14.4 Å². The molecule has 0 heterocycles. The molecule has 0 aliphatic rings. The highest BCUT2D eigenvalue weighted by atomic mass is 79.9. The number of anilines is 1. The molecule has 0 fully saturated rings. The molecule has 2 atom stereocenters. The minimum absolute atomic E-state index is 0.0112. The van der Waals surface area contributed by atoms with Crippen LogP contribution < -0.4 is 14.8 Å². The predicted molar refractivity (Wildman–Crippen MR) is 135 cm³/mol. The highest BCUT2D eigenvalue weighted by molar-refractivity contribution is 9.10. The Labute approximate surface area is 220 Å². The van der Waals surface area contributed by atoms with E-state index in [4.69, 9.17) is 18.9 Å². The van der Waals surface area contributed by atoms with Crippen LogP contribution in [0.15, 0.2) is 77.3 Å². The molecule has 0 bridgehead atoms. The molecule has 0 aliphatic heterocycles. The number of hydrogen-bond acceptors (Lipinski definition) is 8. The molecule has 0 radical (unpaired) electrons. The zero-order chi connectivity index (χ0) is 26.9. The molecule has 0 saturated carbocycles. The Kier molecular flexibility index (Phi) is 9.22. The smallest absolute Gasteiger partial charge is 0.349 e. The van der Waals surface area contributed by atoms with E-state index in [0.29, 0.717) is 16.0 Å². The van der Waals surface area contributed by atoms with Gasteiger partial charge in [0.1, 0.15) is 11.5 Å². The van der Waals surface area contributed by atoms with Gasteiger partial charge in [0.05, 0.1) is 25.3 Å². The summed E-state index contributed by atoms with van der Waals surface area (Å²) < 4.78 is 21.3. The topological polar surface area (TPSA) is 137 Å². The van der Waals surface area contributed by atoms with E-state index in [1.54, 1.807) is 36.4 Å². The van der Waals surface area contributed by atoms with Crippen LogP contribution in [0, 0.1) is 0 Å².